The van der Waals surface area contributed by atoms with Crippen LogP contribution in [0.3, 0.4) is 0 Å². The molecule has 2 aromatic rings. The lowest BCUT2D eigenvalue weighted by atomic mass is 10.3. The van der Waals surface area contributed by atoms with E-state index in [4.69, 9.17) is 4.42 Å². The van der Waals surface area contributed by atoms with Crippen molar-refractivity contribution >= 4 is 32.3 Å². The lowest BCUT2D eigenvalue weighted by molar-refractivity contribution is 0.568. The molecule has 2 nitrogen and oxygen atoms in total. The highest BCUT2D eigenvalue weighted by atomic mass is 79.9. The predicted octanol–water partition coefficient (Wildman–Crippen LogP) is 3.81. The van der Waals surface area contributed by atoms with Crippen LogP contribution in [0.4, 0.5) is 5.00 Å². The molecule has 2 heterocycles. The second-order valence-corrected chi connectivity index (χ2v) is 4.46. The number of halogens is 1. The quantitative estimate of drug-likeness (QED) is 0.885. The second kappa shape index (κ2) is 3.55. The second-order valence-electron chi connectivity index (χ2n) is 2.55. The Morgan fingerprint density at radius 2 is 2.38 bits per heavy atom. The maximum atomic E-state index is 5.03. The van der Waals surface area contributed by atoms with Crippen molar-refractivity contribution in [2.45, 2.75) is 0 Å². The Bertz CT molecular complexity index is 394. The van der Waals surface area contributed by atoms with Crippen molar-refractivity contribution in [1.29, 1.82) is 0 Å². The maximum Gasteiger partial charge on any atom is 0.0989 e. The minimum Gasteiger partial charge on any atom is -0.472 e. The van der Waals surface area contributed by atoms with Gasteiger partial charge in [-0.25, -0.2) is 0 Å². The third kappa shape index (κ3) is 1.64. The van der Waals surface area contributed by atoms with Gasteiger partial charge in [0.25, 0.3) is 0 Å². The molecule has 2 aromatic heterocycles. The van der Waals surface area contributed by atoms with Crippen LogP contribution in [0.15, 0.2) is 33.5 Å². The zero-order valence-corrected chi connectivity index (χ0v) is 9.41. The molecule has 0 bridgehead atoms. The molecule has 2 rings (SSSR count). The molecule has 0 aliphatic rings. The van der Waals surface area contributed by atoms with Gasteiger partial charge in [0.2, 0.25) is 0 Å². The van der Waals surface area contributed by atoms with Gasteiger partial charge >= 0.3 is 0 Å². The standard InChI is InChI=1S/C9H8BrNOS/c1-11-8-4-7(10)9(13-8)6-2-3-12-5-6/h2-5,11H,1H3. The van der Waals surface area contributed by atoms with Crippen LogP contribution in [-0.4, -0.2) is 7.05 Å². The summed E-state index contributed by atoms with van der Waals surface area (Å²) in [6.45, 7) is 0. The number of furan rings is 1. The van der Waals surface area contributed by atoms with E-state index in [1.54, 1.807) is 23.9 Å². The molecule has 13 heavy (non-hydrogen) atoms. The van der Waals surface area contributed by atoms with Gasteiger partial charge < -0.3 is 9.73 Å². The molecule has 0 radical (unpaired) electrons. The van der Waals surface area contributed by atoms with E-state index in [2.05, 4.69) is 27.3 Å². The summed E-state index contributed by atoms with van der Waals surface area (Å²) in [6.07, 6.45) is 3.43. The summed E-state index contributed by atoms with van der Waals surface area (Å²) in [5.74, 6) is 0. The summed E-state index contributed by atoms with van der Waals surface area (Å²) in [5, 5.41) is 4.25. The van der Waals surface area contributed by atoms with E-state index in [1.807, 2.05) is 13.1 Å². The fourth-order valence-electron chi connectivity index (χ4n) is 1.08. The zero-order valence-electron chi connectivity index (χ0n) is 7.00. The Balaban J connectivity index is 2.46. The van der Waals surface area contributed by atoms with Crippen molar-refractivity contribution in [2.24, 2.45) is 0 Å². The lowest BCUT2D eigenvalue weighted by Gasteiger charge is -1.90. The number of thiophene rings is 1. The van der Waals surface area contributed by atoms with Crippen LogP contribution in [-0.2, 0) is 0 Å². The van der Waals surface area contributed by atoms with E-state index in [-0.39, 0.29) is 0 Å². The Kier molecular flexibility index (Phi) is 2.42. The normalized spacial score (nSPS) is 10.3. The average molecular weight is 258 g/mol. The first-order valence-electron chi connectivity index (χ1n) is 3.81. The third-order valence-corrected chi connectivity index (χ3v) is 3.81. The van der Waals surface area contributed by atoms with E-state index in [0.717, 1.165) is 15.0 Å². The van der Waals surface area contributed by atoms with Crippen LogP contribution in [0.2, 0.25) is 0 Å². The number of hydrogen-bond acceptors (Lipinski definition) is 3. The summed E-state index contributed by atoms with van der Waals surface area (Å²) in [5.41, 5.74) is 1.11. The summed E-state index contributed by atoms with van der Waals surface area (Å²) in [7, 11) is 1.91. The Morgan fingerprint density at radius 3 is 2.92 bits per heavy atom. The first kappa shape index (κ1) is 8.84. The van der Waals surface area contributed by atoms with Crippen LogP contribution in [0, 0.1) is 0 Å². The predicted molar refractivity (Wildman–Crippen MR) is 59.3 cm³/mol. The maximum absolute atomic E-state index is 5.03. The van der Waals surface area contributed by atoms with E-state index >= 15 is 0 Å². The fraction of sp³-hybridized carbons (Fsp3) is 0.111. The molecule has 0 aliphatic carbocycles. The Hall–Kier alpha value is -0.740. The van der Waals surface area contributed by atoms with Crippen LogP contribution < -0.4 is 5.32 Å². The highest BCUT2D eigenvalue weighted by Gasteiger charge is 2.08. The summed E-state index contributed by atoms with van der Waals surface area (Å²) >= 11 is 5.21. The van der Waals surface area contributed by atoms with Crippen molar-refractivity contribution in [1.82, 2.24) is 0 Å². The van der Waals surface area contributed by atoms with Gasteiger partial charge in [0.15, 0.2) is 0 Å². The summed E-state index contributed by atoms with van der Waals surface area (Å²) in [6, 6.07) is 4.02. The van der Waals surface area contributed by atoms with Crippen molar-refractivity contribution < 1.29 is 4.42 Å². The Morgan fingerprint density at radius 1 is 1.54 bits per heavy atom. The fourth-order valence-corrected chi connectivity index (χ4v) is 2.82. The number of rotatable bonds is 2. The van der Waals surface area contributed by atoms with Gasteiger partial charge in [-0.15, -0.1) is 11.3 Å². The minimum absolute atomic E-state index is 1.10. The molecule has 0 saturated carbocycles. The molecule has 0 spiro atoms. The van der Waals surface area contributed by atoms with Gasteiger partial charge in [0, 0.05) is 17.1 Å². The largest absolute Gasteiger partial charge is 0.472 e. The van der Waals surface area contributed by atoms with E-state index in [0.29, 0.717) is 0 Å². The summed E-state index contributed by atoms with van der Waals surface area (Å²) < 4.78 is 6.13. The van der Waals surface area contributed by atoms with Gasteiger partial charge in [-0.1, -0.05) is 0 Å². The van der Waals surface area contributed by atoms with Crippen LogP contribution >= 0.6 is 27.3 Å². The lowest BCUT2D eigenvalue weighted by Crippen LogP contribution is -1.79. The molecule has 0 fully saturated rings. The zero-order chi connectivity index (χ0) is 9.26. The first-order valence-corrected chi connectivity index (χ1v) is 5.42. The van der Waals surface area contributed by atoms with Crippen LogP contribution in [0.1, 0.15) is 0 Å². The van der Waals surface area contributed by atoms with Gasteiger partial charge in [-0.3, -0.25) is 0 Å². The van der Waals surface area contributed by atoms with Gasteiger partial charge in [-0.05, 0) is 28.1 Å². The van der Waals surface area contributed by atoms with E-state index < -0.39 is 0 Å². The SMILES string of the molecule is CNc1cc(Br)c(-c2ccoc2)s1. The van der Waals surface area contributed by atoms with Crippen LogP contribution in [0.5, 0.6) is 0 Å². The molecule has 0 atom stereocenters. The average Bonchev–Trinajstić information content (AvgIpc) is 2.72. The van der Waals surface area contributed by atoms with Crippen molar-refractivity contribution in [3.8, 4) is 10.4 Å². The topological polar surface area (TPSA) is 25.2 Å². The van der Waals surface area contributed by atoms with E-state index in [1.165, 1.54) is 4.88 Å². The molecule has 0 aliphatic heterocycles. The smallest absolute Gasteiger partial charge is 0.0989 e. The number of hydrogen-bond donors (Lipinski definition) is 1. The van der Waals surface area contributed by atoms with Gasteiger partial charge in [0.05, 0.1) is 22.4 Å². The number of anilines is 1. The molecule has 0 unspecified atom stereocenters. The molecular formula is C9H8BrNOS. The highest BCUT2D eigenvalue weighted by Crippen LogP contribution is 2.39. The van der Waals surface area contributed by atoms with Gasteiger partial charge in [-0.2, -0.15) is 0 Å². The molecule has 0 amide bonds. The summed E-state index contributed by atoms with van der Waals surface area (Å²) in [4.78, 5) is 1.19. The molecule has 1 N–H and O–H groups in total. The number of nitrogens with one attached hydrogen (secondary N) is 1. The van der Waals surface area contributed by atoms with Crippen molar-refractivity contribution in [2.75, 3.05) is 12.4 Å². The molecule has 68 valence electrons. The molecule has 4 heteroatoms. The van der Waals surface area contributed by atoms with Gasteiger partial charge in [0.1, 0.15) is 0 Å². The Labute approximate surface area is 88.7 Å². The molecular weight excluding hydrogens is 250 g/mol. The minimum atomic E-state index is 1.10. The molecule has 0 saturated heterocycles. The third-order valence-electron chi connectivity index (χ3n) is 1.72. The van der Waals surface area contributed by atoms with Crippen LogP contribution in [0.25, 0.3) is 10.4 Å². The molecule has 0 aromatic carbocycles. The first-order chi connectivity index (χ1) is 6.31. The van der Waals surface area contributed by atoms with Crippen molar-refractivity contribution in [3.05, 3.63) is 29.1 Å². The monoisotopic (exact) mass is 257 g/mol. The van der Waals surface area contributed by atoms with Crippen molar-refractivity contribution in [3.63, 3.8) is 0 Å². The van der Waals surface area contributed by atoms with E-state index in [9.17, 15) is 0 Å². The highest BCUT2D eigenvalue weighted by molar-refractivity contribution is 9.10.